The van der Waals surface area contributed by atoms with E-state index in [1.54, 1.807) is 0 Å². The lowest BCUT2D eigenvalue weighted by molar-refractivity contribution is 0.216. The number of pyridine rings is 1. The van der Waals surface area contributed by atoms with Gasteiger partial charge in [0.25, 0.3) is 0 Å². The highest BCUT2D eigenvalue weighted by molar-refractivity contribution is 5.16. The van der Waals surface area contributed by atoms with E-state index >= 15 is 0 Å². The first kappa shape index (κ1) is 11.6. The van der Waals surface area contributed by atoms with Crippen molar-refractivity contribution in [3.05, 3.63) is 30.1 Å². The van der Waals surface area contributed by atoms with Crippen molar-refractivity contribution in [2.45, 2.75) is 25.2 Å². The fraction of sp³-hybridized carbons (Fsp3) is 0.615. The Morgan fingerprint density at radius 2 is 1.88 bits per heavy atom. The number of aromatic nitrogens is 1. The van der Waals surface area contributed by atoms with E-state index in [0.29, 0.717) is 5.92 Å². The van der Waals surface area contributed by atoms with Crippen molar-refractivity contribution in [1.29, 1.82) is 0 Å². The van der Waals surface area contributed by atoms with Gasteiger partial charge in [-0.2, -0.15) is 0 Å². The van der Waals surface area contributed by atoms with E-state index in [2.05, 4.69) is 22.0 Å². The first-order chi connectivity index (χ1) is 7.90. The molecule has 16 heavy (non-hydrogen) atoms. The number of nitrogens with two attached hydrogens (primary N) is 1. The first-order valence-electron chi connectivity index (χ1n) is 6.22. The van der Waals surface area contributed by atoms with Gasteiger partial charge >= 0.3 is 0 Å². The molecule has 88 valence electrons. The molecule has 0 amide bonds. The number of likely N-dealkylation sites (tertiary alicyclic amines) is 1. The van der Waals surface area contributed by atoms with E-state index in [1.807, 2.05) is 12.4 Å². The lowest BCUT2D eigenvalue weighted by Crippen LogP contribution is -2.35. The topological polar surface area (TPSA) is 42.1 Å². The maximum Gasteiger partial charge on any atom is 0.0270 e. The van der Waals surface area contributed by atoms with Crippen LogP contribution >= 0.6 is 0 Å². The normalized spacial score (nSPS) is 19.6. The molecule has 1 saturated heterocycles. The molecule has 1 aromatic rings. The zero-order valence-corrected chi connectivity index (χ0v) is 9.81. The fourth-order valence-electron chi connectivity index (χ4n) is 2.41. The molecule has 3 nitrogen and oxygen atoms in total. The molecule has 1 fully saturated rings. The summed E-state index contributed by atoms with van der Waals surface area (Å²) >= 11 is 0. The summed E-state index contributed by atoms with van der Waals surface area (Å²) in [5, 5.41) is 0. The molecular weight excluding hydrogens is 198 g/mol. The van der Waals surface area contributed by atoms with Gasteiger partial charge < -0.3 is 10.6 Å². The van der Waals surface area contributed by atoms with Crippen molar-refractivity contribution in [3.8, 4) is 0 Å². The first-order valence-corrected chi connectivity index (χ1v) is 6.22. The van der Waals surface area contributed by atoms with Crippen LogP contribution in [0.15, 0.2) is 24.5 Å². The zero-order chi connectivity index (χ0) is 11.2. The van der Waals surface area contributed by atoms with Crippen LogP contribution < -0.4 is 5.73 Å². The van der Waals surface area contributed by atoms with Crippen LogP contribution in [0.1, 0.15) is 30.7 Å². The van der Waals surface area contributed by atoms with Gasteiger partial charge in [-0.05, 0) is 43.6 Å². The maximum atomic E-state index is 5.87. The van der Waals surface area contributed by atoms with Gasteiger partial charge in [0.1, 0.15) is 0 Å². The van der Waals surface area contributed by atoms with E-state index in [0.717, 1.165) is 13.1 Å². The van der Waals surface area contributed by atoms with Crippen LogP contribution in [-0.4, -0.2) is 36.1 Å². The fourth-order valence-corrected chi connectivity index (χ4v) is 2.41. The second kappa shape index (κ2) is 5.97. The molecule has 1 aromatic heterocycles. The molecule has 0 spiro atoms. The van der Waals surface area contributed by atoms with Crippen molar-refractivity contribution < 1.29 is 0 Å². The quantitative estimate of drug-likeness (QED) is 0.836. The van der Waals surface area contributed by atoms with Crippen LogP contribution in [-0.2, 0) is 0 Å². The summed E-state index contributed by atoms with van der Waals surface area (Å²) in [6.45, 7) is 4.30. The number of hydrogen-bond donors (Lipinski definition) is 1. The van der Waals surface area contributed by atoms with Crippen molar-refractivity contribution in [3.63, 3.8) is 0 Å². The van der Waals surface area contributed by atoms with Crippen LogP contribution in [0.4, 0.5) is 0 Å². The van der Waals surface area contributed by atoms with Crippen molar-refractivity contribution in [2.75, 3.05) is 26.2 Å². The van der Waals surface area contributed by atoms with Gasteiger partial charge in [-0.3, -0.25) is 4.98 Å². The van der Waals surface area contributed by atoms with E-state index in [9.17, 15) is 0 Å². The van der Waals surface area contributed by atoms with Gasteiger partial charge in [0.2, 0.25) is 0 Å². The molecule has 1 aliphatic rings. The van der Waals surface area contributed by atoms with E-state index < -0.39 is 0 Å². The summed E-state index contributed by atoms with van der Waals surface area (Å²) < 4.78 is 0. The molecule has 2 rings (SSSR count). The highest BCUT2D eigenvalue weighted by atomic mass is 15.1. The molecule has 0 bridgehead atoms. The third-order valence-corrected chi connectivity index (χ3v) is 3.39. The minimum Gasteiger partial charge on any atom is -0.330 e. The van der Waals surface area contributed by atoms with Crippen LogP contribution in [0.2, 0.25) is 0 Å². The predicted octanol–water partition coefficient (Wildman–Crippen LogP) is 1.61. The molecule has 1 unspecified atom stereocenters. The van der Waals surface area contributed by atoms with Gasteiger partial charge in [-0.15, -0.1) is 0 Å². The van der Waals surface area contributed by atoms with Crippen LogP contribution in [0.25, 0.3) is 0 Å². The van der Waals surface area contributed by atoms with Crippen molar-refractivity contribution >= 4 is 0 Å². The molecule has 0 aliphatic carbocycles. The number of piperidine rings is 1. The molecule has 0 saturated carbocycles. The van der Waals surface area contributed by atoms with Gasteiger partial charge in [0.05, 0.1) is 0 Å². The summed E-state index contributed by atoms with van der Waals surface area (Å²) in [5.74, 6) is 0.459. The average molecular weight is 219 g/mol. The molecule has 2 N–H and O–H groups in total. The van der Waals surface area contributed by atoms with Gasteiger partial charge in [-0.1, -0.05) is 6.42 Å². The second-order valence-electron chi connectivity index (χ2n) is 4.57. The van der Waals surface area contributed by atoms with Gasteiger partial charge in [-0.25, -0.2) is 0 Å². The number of nitrogens with zero attached hydrogens (tertiary/aromatic N) is 2. The summed E-state index contributed by atoms with van der Waals surface area (Å²) in [5.41, 5.74) is 7.20. The van der Waals surface area contributed by atoms with Crippen LogP contribution in [0.5, 0.6) is 0 Å². The Labute approximate surface area is 97.7 Å². The lowest BCUT2D eigenvalue weighted by atomic mass is 9.98. The standard InChI is InChI=1S/C13H21N3/c14-10-13(12-4-6-15-7-5-12)11-16-8-2-1-3-9-16/h4-7,13H,1-3,8-11,14H2. The summed E-state index contributed by atoms with van der Waals surface area (Å²) in [6.07, 6.45) is 7.78. The molecule has 1 aliphatic heterocycles. The lowest BCUT2D eigenvalue weighted by Gasteiger charge is -2.30. The minimum absolute atomic E-state index is 0.459. The predicted molar refractivity (Wildman–Crippen MR) is 66.3 cm³/mol. The Hall–Kier alpha value is -0.930. The zero-order valence-electron chi connectivity index (χ0n) is 9.81. The monoisotopic (exact) mass is 219 g/mol. The third kappa shape index (κ3) is 3.03. The Bertz CT molecular complexity index is 293. The smallest absolute Gasteiger partial charge is 0.0270 e. The minimum atomic E-state index is 0.459. The highest BCUT2D eigenvalue weighted by Gasteiger charge is 2.16. The Balaban J connectivity index is 1.94. The van der Waals surface area contributed by atoms with Gasteiger partial charge in [0, 0.05) is 31.4 Å². The molecule has 1 atom stereocenters. The SMILES string of the molecule is NCC(CN1CCCCC1)c1ccncc1. The van der Waals surface area contributed by atoms with Crippen LogP contribution in [0, 0.1) is 0 Å². The molecular formula is C13H21N3. The molecule has 2 heterocycles. The molecule has 3 heteroatoms. The number of hydrogen-bond acceptors (Lipinski definition) is 3. The Kier molecular flexibility index (Phi) is 4.31. The van der Waals surface area contributed by atoms with E-state index in [4.69, 9.17) is 5.73 Å². The van der Waals surface area contributed by atoms with Crippen molar-refractivity contribution in [1.82, 2.24) is 9.88 Å². The maximum absolute atomic E-state index is 5.87. The second-order valence-corrected chi connectivity index (χ2v) is 4.57. The number of rotatable bonds is 4. The largest absolute Gasteiger partial charge is 0.330 e. The Morgan fingerprint density at radius 1 is 1.19 bits per heavy atom. The highest BCUT2D eigenvalue weighted by Crippen LogP contribution is 2.17. The molecule has 0 radical (unpaired) electrons. The average Bonchev–Trinajstić information content (AvgIpc) is 2.38. The van der Waals surface area contributed by atoms with E-state index in [1.165, 1.54) is 37.9 Å². The third-order valence-electron chi connectivity index (χ3n) is 3.39. The Morgan fingerprint density at radius 3 is 2.50 bits per heavy atom. The summed E-state index contributed by atoms with van der Waals surface area (Å²) in [4.78, 5) is 6.60. The van der Waals surface area contributed by atoms with E-state index in [-0.39, 0.29) is 0 Å². The van der Waals surface area contributed by atoms with Gasteiger partial charge in [0.15, 0.2) is 0 Å². The van der Waals surface area contributed by atoms with Crippen LogP contribution in [0.3, 0.4) is 0 Å². The summed E-state index contributed by atoms with van der Waals surface area (Å²) in [6, 6.07) is 4.17. The van der Waals surface area contributed by atoms with Crippen molar-refractivity contribution in [2.24, 2.45) is 5.73 Å². The summed E-state index contributed by atoms with van der Waals surface area (Å²) in [7, 11) is 0. The molecule has 0 aromatic carbocycles.